The van der Waals surface area contributed by atoms with Gasteiger partial charge < -0.3 is 258 Å². The average molecular weight is 1940 g/mol. The molecule has 11 heterocycles. The Morgan fingerprint density at radius 3 is 0.842 bits per heavy atom. The first-order chi connectivity index (χ1) is 62.7. The standard InChI is InChI=1S/C76H125N3O54/c1-17-36(90)46(100)52(106)71(113-17)132-62-54(108)73(124-31(15-111-69-50(104)48(102)41(95)27(11-81)122-69)56(62)126-67-33(77-21(5)85)45(99)40(94)26(10-80)120-67)131-61-39(93)20(4)116-76(65(61)118-25(9)89)129-59-35(79-23(7)87)68(121-30(14-84)44(59)98)127-57-32(16-112-70-51(105)49(103)42(96)28(12-82)123-70)125-74(55(109)63(57)133-72-53(107)47(101)37(91)18(2)114-72)130-60-38(92)19(3)115-75(64(60)117-24(8)88)128-58-34(78-22(6)86)66(110)119-29(13-83)43(58)97/h17-20,26-76,80-84,90-110H,10-16H2,1-9H3,(H,77,85)(H,78,86)(H,79,87)/t17-,18-,19-,20-,26+,27+,28+,29+,30+,31+,32+,33+,34+,35+,36-,37-,38-,39-,40+,41+,42+,43+,44+,45+,46+,47+,48-,49-,50+,51+,52+,53+,54+,55+,56+,57+,58+,59+,60+,61+,62+,63+,64+,65+,66+,67-,68-,69+,70+,71-,72-,73+,74+,75-,76-/m0/s1. The predicted octanol–water partition coefficient (Wildman–Crippen LogP) is -19.3. The largest absolute Gasteiger partial charge is 0.454 e. The molecule has 768 valence electrons. The summed E-state index contributed by atoms with van der Waals surface area (Å²) in [5.41, 5.74) is 0. The Bertz CT molecular complexity index is 3700. The lowest BCUT2D eigenvalue weighted by Crippen LogP contribution is -2.71. The number of nitrogens with one attached hydrogen (secondary N) is 3. The van der Waals surface area contributed by atoms with Gasteiger partial charge in [0.15, 0.2) is 81.4 Å². The van der Waals surface area contributed by atoms with E-state index >= 15 is 0 Å². The van der Waals surface area contributed by atoms with Crippen molar-refractivity contribution in [1.82, 2.24) is 16.0 Å². The third kappa shape index (κ3) is 24.3. The molecule has 0 bridgehead atoms. The van der Waals surface area contributed by atoms with Crippen LogP contribution in [0.1, 0.15) is 62.3 Å². The molecule has 57 nitrogen and oxygen atoms in total. The Morgan fingerprint density at radius 2 is 0.481 bits per heavy atom. The van der Waals surface area contributed by atoms with Crippen LogP contribution in [0.25, 0.3) is 0 Å². The monoisotopic (exact) mass is 1940 g/mol. The van der Waals surface area contributed by atoms with Crippen molar-refractivity contribution in [2.24, 2.45) is 0 Å². The normalized spacial score (nSPS) is 50.0. The van der Waals surface area contributed by atoms with E-state index in [1.54, 1.807) is 0 Å². The molecule has 133 heavy (non-hydrogen) atoms. The molecular weight excluding hydrogens is 1820 g/mol. The van der Waals surface area contributed by atoms with Crippen LogP contribution in [0.3, 0.4) is 0 Å². The van der Waals surface area contributed by atoms with Crippen molar-refractivity contribution < 1.29 is 266 Å². The van der Waals surface area contributed by atoms with Gasteiger partial charge in [0.1, 0.15) is 232 Å². The topological polar surface area (TPSA) is 860 Å². The predicted molar refractivity (Wildman–Crippen MR) is 411 cm³/mol. The van der Waals surface area contributed by atoms with Gasteiger partial charge in [-0.3, -0.25) is 24.0 Å². The molecule has 11 rings (SSSR count). The highest BCUT2D eigenvalue weighted by Crippen LogP contribution is 2.43. The SMILES string of the molecule is CC(=O)N[C@@H]1[C@@H](O[C@@H]2O[C@@H](C)[C@H](O)[C@@H](O[C@H]3O[C@H](CO[C@@H]4O[C@H](CO)[C@@H](O)[C@H](O)[C@H]4O)[C@@H](O[C@@H]4O[C@H](CO)[C@@H](O)[C@H](O[C@@H]5O[C@@H](C)[C@H](O)[C@@H](O[C@H]6O[C@H](CO[C@@H]7O[C@H](CO)[C@@H](O)[C@H](O)[C@H]7O)[C@@H](O[C@@H]7O[C@H](CO)[C@@H](O)[C@H](O)[C@H]7NC(C)=O)[C@H](O[C@@H]7O[C@@H](C)[C@H](O)[C@@H](O)[C@H]7O)[C@H]6O)[C@H]5OC(C)=O)[C@H]4NC(C)=O)[C@H](O[C@@H]4O[C@@H](C)[C@H](O)[C@@H](O)[C@H]4O)[C@H]3O)[C@H]2OC(C)=O)[C@H](O)[C@@H](CO)O[C@H]1O. The number of esters is 2. The molecule has 11 aliphatic heterocycles. The van der Waals surface area contributed by atoms with Gasteiger partial charge >= 0.3 is 11.9 Å². The summed E-state index contributed by atoms with van der Waals surface area (Å²) >= 11 is 0. The highest BCUT2D eigenvalue weighted by molar-refractivity contribution is 5.74. The Kier molecular flexibility index (Phi) is 38.4. The number of amides is 3. The van der Waals surface area contributed by atoms with Crippen LogP contribution in [0.15, 0.2) is 0 Å². The first kappa shape index (κ1) is 109. The molecule has 0 saturated carbocycles. The zero-order valence-corrected chi connectivity index (χ0v) is 72.8. The summed E-state index contributed by atoms with van der Waals surface area (Å²) in [7, 11) is 0. The van der Waals surface area contributed by atoms with Gasteiger partial charge in [0, 0.05) is 34.6 Å². The Hall–Kier alpha value is -4.53. The highest BCUT2D eigenvalue weighted by atomic mass is 16.8. The van der Waals surface area contributed by atoms with Gasteiger partial charge in [0.25, 0.3) is 0 Å². The summed E-state index contributed by atoms with van der Waals surface area (Å²) in [5.74, 6) is -5.30. The lowest BCUT2D eigenvalue weighted by atomic mass is 9.93. The van der Waals surface area contributed by atoms with Crippen LogP contribution in [0.2, 0.25) is 0 Å². The summed E-state index contributed by atoms with van der Waals surface area (Å²) in [6, 6.07) is -5.75. The summed E-state index contributed by atoms with van der Waals surface area (Å²) in [4.78, 5) is 66.4. The minimum absolute atomic E-state index is 0.800. The van der Waals surface area contributed by atoms with Crippen molar-refractivity contribution in [1.29, 1.82) is 0 Å². The molecule has 0 aromatic heterocycles. The Labute approximate surface area is 755 Å². The minimum Gasteiger partial charge on any atom is -0.454 e. The van der Waals surface area contributed by atoms with Crippen LogP contribution in [0.4, 0.5) is 0 Å². The fraction of sp³-hybridized carbons (Fsp3) is 0.934. The smallest absolute Gasteiger partial charge is 0.303 e. The molecule has 0 aromatic rings. The maximum Gasteiger partial charge on any atom is 0.303 e. The van der Waals surface area contributed by atoms with Crippen LogP contribution in [0.5, 0.6) is 0 Å². The molecule has 11 aliphatic rings. The van der Waals surface area contributed by atoms with Gasteiger partial charge in [0.2, 0.25) is 17.7 Å². The molecule has 3 amide bonds. The van der Waals surface area contributed by atoms with Gasteiger partial charge in [-0.1, -0.05) is 0 Å². The number of carbonyl (C=O) groups excluding carboxylic acids is 5. The van der Waals surface area contributed by atoms with E-state index in [0.717, 1.165) is 41.5 Å². The average Bonchev–Trinajstić information content (AvgIpc) is 0.754. The second-order valence-corrected chi connectivity index (χ2v) is 34.2. The van der Waals surface area contributed by atoms with E-state index < -0.39 is 413 Å². The minimum atomic E-state index is -2.61. The number of hydrogen-bond donors (Lipinski definition) is 29. The van der Waals surface area contributed by atoms with Crippen LogP contribution >= 0.6 is 0 Å². The molecule has 0 radical (unpaired) electrons. The zero-order chi connectivity index (χ0) is 98.0. The van der Waals surface area contributed by atoms with Gasteiger partial charge in [-0.15, -0.1) is 0 Å². The maximum absolute atomic E-state index is 13.9. The highest BCUT2D eigenvalue weighted by Gasteiger charge is 2.64. The summed E-state index contributed by atoms with van der Waals surface area (Å²) in [6.45, 7) is 1.55. The van der Waals surface area contributed by atoms with E-state index in [0.29, 0.717) is 0 Å². The number of aliphatic hydroxyl groups is 26. The van der Waals surface area contributed by atoms with Crippen molar-refractivity contribution in [3.8, 4) is 0 Å². The second kappa shape index (κ2) is 46.9. The molecule has 0 spiro atoms. The molecule has 57 heteroatoms. The van der Waals surface area contributed by atoms with Crippen molar-refractivity contribution in [2.45, 2.75) is 400 Å². The van der Waals surface area contributed by atoms with Crippen molar-refractivity contribution >= 4 is 29.7 Å². The molecule has 11 fully saturated rings. The van der Waals surface area contributed by atoms with E-state index in [1.165, 1.54) is 20.8 Å². The number of ether oxygens (including phenoxy) is 23. The molecular formula is C76H125N3O54. The number of carbonyl (C=O) groups is 5. The first-order valence-electron chi connectivity index (χ1n) is 42.9. The summed E-state index contributed by atoms with van der Waals surface area (Å²) < 4.78 is 140. The molecule has 11 saturated heterocycles. The van der Waals surface area contributed by atoms with Gasteiger partial charge in [0.05, 0.1) is 70.7 Å². The van der Waals surface area contributed by atoms with Crippen molar-refractivity contribution in [3.63, 3.8) is 0 Å². The van der Waals surface area contributed by atoms with Crippen LogP contribution < -0.4 is 16.0 Å². The maximum atomic E-state index is 13.9. The van der Waals surface area contributed by atoms with E-state index in [4.69, 9.17) is 109 Å². The van der Waals surface area contributed by atoms with Gasteiger partial charge in [-0.2, -0.15) is 0 Å². The van der Waals surface area contributed by atoms with E-state index in [1.807, 2.05) is 0 Å². The third-order valence-electron chi connectivity index (χ3n) is 24.6. The van der Waals surface area contributed by atoms with E-state index in [9.17, 15) is 157 Å². The van der Waals surface area contributed by atoms with Crippen LogP contribution in [-0.2, 0) is 133 Å². The first-order valence-corrected chi connectivity index (χ1v) is 42.9. The number of rotatable bonds is 32. The molecule has 0 unspecified atom stereocenters. The van der Waals surface area contributed by atoms with Gasteiger partial charge in [-0.05, 0) is 27.7 Å². The van der Waals surface area contributed by atoms with E-state index in [-0.39, 0.29) is 0 Å². The summed E-state index contributed by atoms with van der Waals surface area (Å²) in [5, 5.41) is 302. The quantitative estimate of drug-likeness (QED) is 0.0278. The Balaban J connectivity index is 0.981. The second-order valence-electron chi connectivity index (χ2n) is 34.2. The molecule has 0 aliphatic carbocycles. The zero-order valence-electron chi connectivity index (χ0n) is 72.8. The molecule has 29 N–H and O–H groups in total. The fourth-order valence-corrected chi connectivity index (χ4v) is 17.3. The number of aliphatic hydroxyl groups excluding tert-OH is 26. The summed E-state index contributed by atoms with van der Waals surface area (Å²) in [6.07, 6.45) is -110. The molecule has 0 aromatic carbocycles. The fourth-order valence-electron chi connectivity index (χ4n) is 17.3. The van der Waals surface area contributed by atoms with Crippen molar-refractivity contribution in [2.75, 3.05) is 46.2 Å². The third-order valence-corrected chi connectivity index (χ3v) is 24.6. The molecule has 55 atom stereocenters. The van der Waals surface area contributed by atoms with Crippen LogP contribution in [0, 0.1) is 0 Å². The van der Waals surface area contributed by atoms with Crippen LogP contribution in [-0.4, -0.2) is 546 Å². The lowest BCUT2D eigenvalue weighted by molar-refractivity contribution is -0.406. The van der Waals surface area contributed by atoms with Crippen molar-refractivity contribution in [3.05, 3.63) is 0 Å². The lowest BCUT2D eigenvalue weighted by Gasteiger charge is -2.52. The Morgan fingerprint density at radius 1 is 0.226 bits per heavy atom. The van der Waals surface area contributed by atoms with E-state index in [2.05, 4.69) is 16.0 Å². The van der Waals surface area contributed by atoms with Gasteiger partial charge in [-0.25, -0.2) is 0 Å². The number of hydrogen-bond acceptors (Lipinski definition) is 54.